The van der Waals surface area contributed by atoms with E-state index < -0.39 is 5.82 Å². The summed E-state index contributed by atoms with van der Waals surface area (Å²) in [5, 5.41) is 3.18. The third-order valence-electron chi connectivity index (χ3n) is 6.22. The van der Waals surface area contributed by atoms with E-state index in [1.807, 2.05) is 66.7 Å². The van der Waals surface area contributed by atoms with Crippen molar-refractivity contribution in [2.24, 2.45) is 0 Å². The molecule has 0 fully saturated rings. The Morgan fingerprint density at radius 2 is 1.50 bits per heavy atom. The van der Waals surface area contributed by atoms with E-state index in [1.165, 1.54) is 22.8 Å². The first kappa shape index (κ1) is 23.2. The lowest BCUT2D eigenvalue weighted by Gasteiger charge is -2.18. The number of nitrogens with zero attached hydrogens (tertiary/aromatic N) is 2. The lowest BCUT2D eigenvalue weighted by atomic mass is 9.88. The number of hydrogen-bond acceptors (Lipinski definition) is 3. The molecule has 5 rings (SSSR count). The number of nitrogens with one attached hydrogen (secondary N) is 1. The fourth-order valence-electron chi connectivity index (χ4n) is 4.48. The summed E-state index contributed by atoms with van der Waals surface area (Å²) in [4.78, 5) is 30.8. The van der Waals surface area contributed by atoms with E-state index >= 15 is 0 Å². The van der Waals surface area contributed by atoms with E-state index in [-0.39, 0.29) is 29.5 Å². The summed E-state index contributed by atoms with van der Waals surface area (Å²) in [7, 11) is 0. The van der Waals surface area contributed by atoms with Gasteiger partial charge in [0.05, 0.1) is 22.3 Å². The Morgan fingerprint density at radius 1 is 0.889 bits per heavy atom. The van der Waals surface area contributed by atoms with Crippen molar-refractivity contribution in [2.45, 2.75) is 19.3 Å². The molecule has 0 bridgehead atoms. The molecule has 5 nitrogen and oxygen atoms in total. The number of amides is 1. The highest BCUT2D eigenvalue weighted by molar-refractivity contribution is 5.92. The third-order valence-corrected chi connectivity index (χ3v) is 6.22. The van der Waals surface area contributed by atoms with E-state index in [1.54, 1.807) is 25.1 Å². The molecule has 36 heavy (non-hydrogen) atoms. The number of fused-ring (bicyclic) bond motifs is 1. The number of rotatable bonds is 6. The van der Waals surface area contributed by atoms with Crippen molar-refractivity contribution in [1.29, 1.82) is 0 Å². The summed E-state index contributed by atoms with van der Waals surface area (Å²) < 4.78 is 16.2. The van der Waals surface area contributed by atoms with Crippen molar-refractivity contribution in [2.75, 3.05) is 5.32 Å². The first-order valence-corrected chi connectivity index (χ1v) is 11.7. The minimum Gasteiger partial charge on any atom is -0.324 e. The second-order valence-electron chi connectivity index (χ2n) is 8.61. The molecule has 6 heteroatoms. The first-order valence-electron chi connectivity index (χ1n) is 11.7. The molecular formula is C30H24FN3O2. The average molecular weight is 478 g/mol. The van der Waals surface area contributed by atoms with Gasteiger partial charge >= 0.3 is 0 Å². The van der Waals surface area contributed by atoms with E-state index in [9.17, 15) is 14.0 Å². The van der Waals surface area contributed by atoms with Crippen LogP contribution in [-0.2, 0) is 4.79 Å². The maximum absolute atomic E-state index is 14.8. The Kier molecular flexibility index (Phi) is 6.41. The molecule has 5 aromatic rings. The van der Waals surface area contributed by atoms with E-state index in [0.717, 1.165) is 11.1 Å². The molecule has 0 radical (unpaired) electrons. The van der Waals surface area contributed by atoms with Gasteiger partial charge in [0, 0.05) is 12.3 Å². The highest BCUT2D eigenvalue weighted by Crippen LogP contribution is 2.29. The number of para-hydroxylation sites is 1. The average Bonchev–Trinajstić information content (AvgIpc) is 2.90. The molecule has 1 aromatic heterocycles. The standard InChI is InChI=1S/C30H24FN3O2/c1-20-32-27-15-9-8-14-24(27)30(36)34(20)23-16-17-26(31)28(18-23)33-29(35)19-25(21-10-4-2-5-11-21)22-12-6-3-7-13-22/h2-18,25H,19H2,1H3,(H,33,35). The Labute approximate surface area is 207 Å². The number of anilines is 1. The van der Waals surface area contributed by atoms with Gasteiger partial charge in [-0.25, -0.2) is 9.37 Å². The number of carbonyl (C=O) groups is 1. The highest BCUT2D eigenvalue weighted by Gasteiger charge is 2.20. The smallest absolute Gasteiger partial charge is 0.265 e. The first-order chi connectivity index (χ1) is 17.5. The van der Waals surface area contributed by atoms with Crippen molar-refractivity contribution in [3.63, 3.8) is 0 Å². The molecule has 4 aromatic carbocycles. The van der Waals surface area contributed by atoms with Crippen LogP contribution in [0.5, 0.6) is 0 Å². The topological polar surface area (TPSA) is 64.0 Å². The number of halogens is 1. The van der Waals surface area contributed by atoms with E-state index in [0.29, 0.717) is 22.4 Å². The van der Waals surface area contributed by atoms with Crippen LogP contribution in [0, 0.1) is 12.7 Å². The van der Waals surface area contributed by atoms with Crippen LogP contribution < -0.4 is 10.9 Å². The van der Waals surface area contributed by atoms with Crippen LogP contribution in [0.15, 0.2) is 108 Å². The monoisotopic (exact) mass is 477 g/mol. The second kappa shape index (κ2) is 9.96. The molecule has 0 spiro atoms. The quantitative estimate of drug-likeness (QED) is 0.327. The van der Waals surface area contributed by atoms with Crippen LogP contribution in [0.2, 0.25) is 0 Å². The lowest BCUT2D eigenvalue weighted by Crippen LogP contribution is -2.23. The fourth-order valence-corrected chi connectivity index (χ4v) is 4.48. The Balaban J connectivity index is 1.46. The van der Waals surface area contributed by atoms with E-state index in [4.69, 9.17) is 0 Å². The SMILES string of the molecule is Cc1nc2ccccc2c(=O)n1-c1ccc(F)c(NC(=O)CC(c2ccccc2)c2ccccc2)c1. The van der Waals surface area contributed by atoms with Crippen molar-refractivity contribution in [1.82, 2.24) is 9.55 Å². The fraction of sp³-hybridized carbons (Fsp3) is 0.100. The lowest BCUT2D eigenvalue weighted by molar-refractivity contribution is -0.116. The molecule has 0 atom stereocenters. The predicted octanol–water partition coefficient (Wildman–Crippen LogP) is 5.99. The number of hydrogen-bond donors (Lipinski definition) is 1. The van der Waals surface area contributed by atoms with Crippen molar-refractivity contribution < 1.29 is 9.18 Å². The van der Waals surface area contributed by atoms with Crippen LogP contribution in [0.1, 0.15) is 29.3 Å². The number of carbonyl (C=O) groups excluding carboxylic acids is 1. The zero-order chi connectivity index (χ0) is 25.1. The number of benzene rings is 4. The molecule has 178 valence electrons. The zero-order valence-electron chi connectivity index (χ0n) is 19.7. The van der Waals surface area contributed by atoms with Gasteiger partial charge in [-0.2, -0.15) is 0 Å². The number of aryl methyl sites for hydroxylation is 1. The normalized spacial score (nSPS) is 11.1. The summed E-state index contributed by atoms with van der Waals surface area (Å²) in [6, 6.07) is 30.8. The van der Waals surface area contributed by atoms with Crippen LogP contribution in [-0.4, -0.2) is 15.5 Å². The van der Waals surface area contributed by atoms with Gasteiger partial charge in [-0.05, 0) is 48.4 Å². The number of aromatic nitrogens is 2. The molecular weight excluding hydrogens is 453 g/mol. The molecule has 1 amide bonds. The Hall–Kier alpha value is -4.58. The van der Waals surface area contributed by atoms with Crippen LogP contribution in [0.4, 0.5) is 10.1 Å². The summed E-state index contributed by atoms with van der Waals surface area (Å²) in [6.45, 7) is 1.72. The largest absolute Gasteiger partial charge is 0.324 e. The molecule has 1 N–H and O–H groups in total. The van der Waals surface area contributed by atoms with Gasteiger partial charge in [0.25, 0.3) is 5.56 Å². The van der Waals surface area contributed by atoms with Crippen LogP contribution in [0.3, 0.4) is 0 Å². The predicted molar refractivity (Wildman–Crippen MR) is 140 cm³/mol. The van der Waals surface area contributed by atoms with Crippen LogP contribution >= 0.6 is 0 Å². The van der Waals surface area contributed by atoms with Gasteiger partial charge < -0.3 is 5.32 Å². The summed E-state index contributed by atoms with van der Waals surface area (Å²) in [5.74, 6) is -0.629. The summed E-state index contributed by atoms with van der Waals surface area (Å²) in [6.07, 6.45) is 0.133. The van der Waals surface area contributed by atoms with Gasteiger partial charge in [0.1, 0.15) is 11.6 Å². The van der Waals surface area contributed by atoms with Crippen molar-refractivity contribution >= 4 is 22.5 Å². The van der Waals surface area contributed by atoms with Gasteiger partial charge in [0.2, 0.25) is 5.91 Å². The molecule has 0 aliphatic rings. The molecule has 0 saturated heterocycles. The highest BCUT2D eigenvalue weighted by atomic mass is 19.1. The van der Waals surface area contributed by atoms with Gasteiger partial charge in [-0.1, -0.05) is 72.8 Å². The maximum atomic E-state index is 14.8. The Bertz CT molecular complexity index is 1560. The molecule has 0 unspecified atom stereocenters. The molecule has 1 heterocycles. The molecule has 0 aliphatic carbocycles. The van der Waals surface area contributed by atoms with Gasteiger partial charge in [-0.15, -0.1) is 0 Å². The minimum atomic E-state index is -0.581. The summed E-state index contributed by atoms with van der Waals surface area (Å²) in [5.41, 5.74) is 2.77. The Morgan fingerprint density at radius 3 is 2.17 bits per heavy atom. The second-order valence-corrected chi connectivity index (χ2v) is 8.61. The van der Waals surface area contributed by atoms with Gasteiger partial charge in [0.15, 0.2) is 0 Å². The summed E-state index contributed by atoms with van der Waals surface area (Å²) >= 11 is 0. The van der Waals surface area contributed by atoms with Crippen LogP contribution in [0.25, 0.3) is 16.6 Å². The van der Waals surface area contributed by atoms with Crippen molar-refractivity contribution in [3.05, 3.63) is 136 Å². The van der Waals surface area contributed by atoms with Gasteiger partial charge in [-0.3, -0.25) is 14.2 Å². The third kappa shape index (κ3) is 4.66. The van der Waals surface area contributed by atoms with Crippen molar-refractivity contribution in [3.8, 4) is 5.69 Å². The minimum absolute atomic E-state index is 0.0110. The zero-order valence-corrected chi connectivity index (χ0v) is 19.7. The maximum Gasteiger partial charge on any atom is 0.265 e. The molecule has 0 aliphatic heterocycles. The molecule has 0 saturated carbocycles. The van der Waals surface area contributed by atoms with E-state index in [2.05, 4.69) is 10.3 Å².